The molecule has 0 radical (unpaired) electrons. The topological polar surface area (TPSA) is 50.9 Å². The van der Waals surface area contributed by atoms with Crippen LogP contribution in [0.4, 0.5) is 5.69 Å². The Bertz CT molecular complexity index is 514. The molecule has 18 heavy (non-hydrogen) atoms. The quantitative estimate of drug-likeness (QED) is 0.892. The highest BCUT2D eigenvalue weighted by Crippen LogP contribution is 2.25. The molecule has 0 atom stereocenters. The van der Waals surface area contributed by atoms with E-state index in [9.17, 15) is 0 Å². The first-order chi connectivity index (χ1) is 8.81. The van der Waals surface area contributed by atoms with Crippen LogP contribution in [0.1, 0.15) is 25.7 Å². The fraction of sp³-hybridized carbons (Fsp3) is 0.500. The van der Waals surface area contributed by atoms with Crippen molar-refractivity contribution in [2.45, 2.75) is 31.7 Å². The van der Waals surface area contributed by atoms with Crippen LogP contribution < -0.4 is 11.1 Å². The summed E-state index contributed by atoms with van der Waals surface area (Å²) in [5.41, 5.74) is 10.1. The number of thiazole rings is 1. The SMILES string of the molecule is N[C@H]1CC[C@H](CNc2ccc3scnc3c2)CC1. The summed E-state index contributed by atoms with van der Waals surface area (Å²) in [6.07, 6.45) is 4.87. The van der Waals surface area contributed by atoms with Gasteiger partial charge in [-0.25, -0.2) is 4.98 Å². The first kappa shape index (κ1) is 11.9. The van der Waals surface area contributed by atoms with Gasteiger partial charge in [-0.05, 0) is 49.8 Å². The van der Waals surface area contributed by atoms with Crippen LogP contribution in [0, 0.1) is 5.92 Å². The van der Waals surface area contributed by atoms with Crippen molar-refractivity contribution in [2.24, 2.45) is 11.7 Å². The lowest BCUT2D eigenvalue weighted by molar-refractivity contribution is 0.339. The molecule has 1 aromatic heterocycles. The highest BCUT2D eigenvalue weighted by Gasteiger charge is 2.18. The van der Waals surface area contributed by atoms with Crippen molar-refractivity contribution >= 4 is 27.2 Å². The van der Waals surface area contributed by atoms with Crippen LogP contribution in [0.15, 0.2) is 23.7 Å². The summed E-state index contributed by atoms with van der Waals surface area (Å²) < 4.78 is 1.25. The summed E-state index contributed by atoms with van der Waals surface area (Å²) in [7, 11) is 0. The maximum Gasteiger partial charge on any atom is 0.0832 e. The summed E-state index contributed by atoms with van der Waals surface area (Å²) in [6.45, 7) is 1.06. The number of nitrogens with one attached hydrogen (secondary N) is 1. The molecule has 0 aliphatic heterocycles. The second-order valence-corrected chi connectivity index (χ2v) is 6.08. The number of hydrogen-bond acceptors (Lipinski definition) is 4. The maximum absolute atomic E-state index is 5.93. The number of fused-ring (bicyclic) bond motifs is 1. The van der Waals surface area contributed by atoms with E-state index in [0.29, 0.717) is 6.04 Å². The minimum Gasteiger partial charge on any atom is -0.385 e. The summed E-state index contributed by atoms with van der Waals surface area (Å²) in [5.74, 6) is 0.774. The van der Waals surface area contributed by atoms with Gasteiger partial charge < -0.3 is 11.1 Å². The van der Waals surface area contributed by atoms with Crippen molar-refractivity contribution in [1.82, 2.24) is 4.98 Å². The lowest BCUT2D eigenvalue weighted by atomic mass is 9.86. The van der Waals surface area contributed by atoms with Gasteiger partial charge in [-0.2, -0.15) is 0 Å². The zero-order valence-corrected chi connectivity index (χ0v) is 11.2. The molecule has 1 aliphatic rings. The lowest BCUT2D eigenvalue weighted by Crippen LogP contribution is -2.29. The van der Waals surface area contributed by atoms with Gasteiger partial charge in [0.15, 0.2) is 0 Å². The predicted octanol–water partition coefficient (Wildman–Crippen LogP) is 3.23. The van der Waals surface area contributed by atoms with Gasteiger partial charge in [0, 0.05) is 18.3 Å². The minimum absolute atomic E-state index is 0.438. The zero-order chi connectivity index (χ0) is 12.4. The Labute approximate surface area is 111 Å². The standard InChI is InChI=1S/C14H19N3S/c15-11-3-1-10(2-4-11)8-16-12-5-6-14-13(7-12)17-9-18-14/h5-7,9-11,16H,1-4,8,15H2/t10-,11-. The molecule has 0 bridgehead atoms. The summed E-state index contributed by atoms with van der Waals surface area (Å²) in [4.78, 5) is 4.35. The minimum atomic E-state index is 0.438. The molecule has 2 aromatic rings. The van der Waals surface area contributed by atoms with E-state index in [1.807, 2.05) is 5.51 Å². The van der Waals surface area contributed by atoms with Gasteiger partial charge in [0.2, 0.25) is 0 Å². The second kappa shape index (κ2) is 5.24. The van der Waals surface area contributed by atoms with E-state index in [1.165, 1.54) is 36.1 Å². The van der Waals surface area contributed by atoms with E-state index in [1.54, 1.807) is 11.3 Å². The summed E-state index contributed by atoms with van der Waals surface area (Å²) in [6, 6.07) is 6.87. The Morgan fingerprint density at radius 1 is 1.28 bits per heavy atom. The van der Waals surface area contributed by atoms with Crippen LogP contribution >= 0.6 is 11.3 Å². The third-order valence-electron chi connectivity index (χ3n) is 3.82. The van der Waals surface area contributed by atoms with Crippen LogP contribution in [0.3, 0.4) is 0 Å². The molecule has 1 aliphatic carbocycles. The molecular weight excluding hydrogens is 242 g/mol. The van der Waals surface area contributed by atoms with Crippen molar-refractivity contribution in [1.29, 1.82) is 0 Å². The van der Waals surface area contributed by atoms with E-state index in [-0.39, 0.29) is 0 Å². The van der Waals surface area contributed by atoms with E-state index < -0.39 is 0 Å². The second-order valence-electron chi connectivity index (χ2n) is 5.20. The van der Waals surface area contributed by atoms with Crippen LogP contribution in [-0.2, 0) is 0 Å². The molecule has 0 spiro atoms. The number of benzene rings is 1. The Balaban J connectivity index is 1.59. The molecule has 0 unspecified atom stereocenters. The molecular formula is C14H19N3S. The van der Waals surface area contributed by atoms with Crippen molar-refractivity contribution in [3.05, 3.63) is 23.7 Å². The van der Waals surface area contributed by atoms with Gasteiger partial charge in [-0.3, -0.25) is 0 Å². The lowest BCUT2D eigenvalue weighted by Gasteiger charge is -2.26. The van der Waals surface area contributed by atoms with Crippen LogP contribution in [0.2, 0.25) is 0 Å². The molecule has 0 saturated heterocycles. The van der Waals surface area contributed by atoms with Gasteiger partial charge in [0.05, 0.1) is 15.7 Å². The highest BCUT2D eigenvalue weighted by molar-refractivity contribution is 7.16. The van der Waals surface area contributed by atoms with Crippen LogP contribution in [0.25, 0.3) is 10.2 Å². The van der Waals surface area contributed by atoms with Crippen molar-refractivity contribution < 1.29 is 0 Å². The fourth-order valence-corrected chi connectivity index (χ4v) is 3.28. The van der Waals surface area contributed by atoms with Gasteiger partial charge >= 0.3 is 0 Å². The van der Waals surface area contributed by atoms with E-state index in [4.69, 9.17) is 5.73 Å². The molecule has 4 heteroatoms. The zero-order valence-electron chi connectivity index (χ0n) is 10.4. The average molecular weight is 261 g/mol. The van der Waals surface area contributed by atoms with Gasteiger partial charge in [0.1, 0.15) is 0 Å². The third-order valence-corrected chi connectivity index (χ3v) is 4.63. The van der Waals surface area contributed by atoms with Crippen molar-refractivity contribution in [2.75, 3.05) is 11.9 Å². The number of anilines is 1. The normalized spacial score (nSPS) is 24.3. The van der Waals surface area contributed by atoms with Gasteiger partial charge in [-0.15, -0.1) is 11.3 Å². The Hall–Kier alpha value is -1.13. The first-order valence-electron chi connectivity index (χ1n) is 6.64. The maximum atomic E-state index is 5.93. The van der Waals surface area contributed by atoms with Crippen LogP contribution in [-0.4, -0.2) is 17.6 Å². The smallest absolute Gasteiger partial charge is 0.0832 e. The highest BCUT2D eigenvalue weighted by atomic mass is 32.1. The van der Waals surface area contributed by atoms with E-state index in [0.717, 1.165) is 18.0 Å². The number of hydrogen-bond donors (Lipinski definition) is 2. The molecule has 96 valence electrons. The number of nitrogens with zero attached hydrogens (tertiary/aromatic N) is 1. The third kappa shape index (κ3) is 2.65. The van der Waals surface area contributed by atoms with Crippen LogP contribution in [0.5, 0.6) is 0 Å². The number of rotatable bonds is 3. The molecule has 1 saturated carbocycles. The molecule has 3 N–H and O–H groups in total. The Kier molecular flexibility index (Phi) is 3.48. The number of nitrogens with two attached hydrogens (primary N) is 1. The molecule has 0 amide bonds. The Morgan fingerprint density at radius 2 is 2.11 bits per heavy atom. The fourth-order valence-electron chi connectivity index (χ4n) is 2.62. The molecule has 1 fully saturated rings. The molecule has 1 aromatic carbocycles. The largest absolute Gasteiger partial charge is 0.385 e. The van der Waals surface area contributed by atoms with Gasteiger partial charge in [0.25, 0.3) is 0 Å². The monoisotopic (exact) mass is 261 g/mol. The molecule has 1 heterocycles. The summed E-state index contributed by atoms with van der Waals surface area (Å²) >= 11 is 1.69. The van der Waals surface area contributed by atoms with E-state index in [2.05, 4.69) is 28.5 Å². The van der Waals surface area contributed by atoms with Crippen molar-refractivity contribution in [3.63, 3.8) is 0 Å². The average Bonchev–Trinajstić information content (AvgIpc) is 2.85. The summed E-state index contributed by atoms with van der Waals surface area (Å²) in [5, 5.41) is 3.53. The molecule has 3 rings (SSSR count). The van der Waals surface area contributed by atoms with Gasteiger partial charge in [-0.1, -0.05) is 0 Å². The Morgan fingerprint density at radius 3 is 2.94 bits per heavy atom. The number of aromatic nitrogens is 1. The first-order valence-corrected chi connectivity index (χ1v) is 7.52. The van der Waals surface area contributed by atoms with E-state index >= 15 is 0 Å². The predicted molar refractivity (Wildman–Crippen MR) is 78.0 cm³/mol. The molecule has 3 nitrogen and oxygen atoms in total. The van der Waals surface area contributed by atoms with Crippen molar-refractivity contribution in [3.8, 4) is 0 Å².